The molecule has 2 aliphatic carbocycles. The zero-order chi connectivity index (χ0) is 14.6. The van der Waals surface area contributed by atoms with Crippen molar-refractivity contribution in [3.63, 3.8) is 0 Å². The van der Waals surface area contributed by atoms with E-state index in [-0.39, 0.29) is 11.3 Å². The van der Waals surface area contributed by atoms with Gasteiger partial charge in [0.15, 0.2) is 0 Å². The van der Waals surface area contributed by atoms with Crippen molar-refractivity contribution in [3.05, 3.63) is 0 Å². The number of rotatable bonds is 8. The van der Waals surface area contributed by atoms with Gasteiger partial charge in [-0.25, -0.2) is 13.1 Å². The molecule has 5 heteroatoms. The van der Waals surface area contributed by atoms with Crippen molar-refractivity contribution in [2.75, 3.05) is 6.54 Å². The predicted molar refractivity (Wildman–Crippen MR) is 83.2 cm³/mol. The van der Waals surface area contributed by atoms with E-state index in [9.17, 15) is 8.42 Å². The van der Waals surface area contributed by atoms with Crippen LogP contribution in [0.5, 0.6) is 0 Å². The van der Waals surface area contributed by atoms with Gasteiger partial charge in [0.05, 0.1) is 5.25 Å². The Labute approximate surface area is 124 Å². The van der Waals surface area contributed by atoms with Gasteiger partial charge >= 0.3 is 0 Å². The summed E-state index contributed by atoms with van der Waals surface area (Å²) < 4.78 is 27.5. The molecule has 2 aliphatic rings. The lowest BCUT2D eigenvalue weighted by Crippen LogP contribution is -2.45. The molecular weight excluding hydrogens is 272 g/mol. The maximum absolute atomic E-state index is 12.3. The number of hydrogen-bond donors (Lipinski definition) is 2. The largest absolute Gasteiger partial charge is 0.313 e. The highest BCUT2D eigenvalue weighted by atomic mass is 32.2. The van der Waals surface area contributed by atoms with Crippen LogP contribution < -0.4 is 10.0 Å². The third kappa shape index (κ3) is 5.01. The average Bonchev–Trinajstić information content (AvgIpc) is 3.22. The maximum atomic E-state index is 12.3. The fraction of sp³-hybridized carbons (Fsp3) is 1.00. The second-order valence-electron chi connectivity index (χ2n) is 6.66. The molecule has 0 aromatic heterocycles. The maximum Gasteiger partial charge on any atom is 0.215 e. The molecule has 0 aromatic carbocycles. The highest BCUT2D eigenvalue weighted by molar-refractivity contribution is 7.90. The van der Waals surface area contributed by atoms with Crippen molar-refractivity contribution in [3.8, 4) is 0 Å². The molecule has 0 spiro atoms. The van der Waals surface area contributed by atoms with Gasteiger partial charge in [-0.05, 0) is 51.4 Å². The molecule has 0 heterocycles. The van der Waals surface area contributed by atoms with E-state index in [2.05, 4.69) is 17.0 Å². The lowest BCUT2D eigenvalue weighted by molar-refractivity contribution is 0.296. The summed E-state index contributed by atoms with van der Waals surface area (Å²) in [4.78, 5) is 0. The molecular formula is C15H30N2O2S. The zero-order valence-electron chi connectivity index (χ0n) is 12.9. The fourth-order valence-electron chi connectivity index (χ4n) is 3.06. The standard InChI is InChI=1S/C15H30N2O2S/c1-3-4-13-5-7-15(8-6-13)17-20(18,19)12(2)11-16-14-9-10-14/h12-17H,3-11H2,1-2H3. The highest BCUT2D eigenvalue weighted by Crippen LogP contribution is 2.28. The molecule has 0 radical (unpaired) electrons. The molecule has 0 amide bonds. The summed E-state index contributed by atoms with van der Waals surface area (Å²) in [6, 6.07) is 0.730. The Balaban J connectivity index is 1.73. The lowest BCUT2D eigenvalue weighted by Gasteiger charge is -2.29. The molecule has 2 N–H and O–H groups in total. The van der Waals surface area contributed by atoms with Crippen molar-refractivity contribution in [2.24, 2.45) is 5.92 Å². The average molecular weight is 302 g/mol. The summed E-state index contributed by atoms with van der Waals surface area (Å²) in [7, 11) is -3.17. The minimum Gasteiger partial charge on any atom is -0.313 e. The van der Waals surface area contributed by atoms with E-state index in [0.29, 0.717) is 12.6 Å². The first-order valence-electron chi connectivity index (χ1n) is 8.25. The molecule has 20 heavy (non-hydrogen) atoms. The van der Waals surface area contributed by atoms with Gasteiger partial charge < -0.3 is 5.32 Å². The molecule has 0 saturated heterocycles. The van der Waals surface area contributed by atoms with Crippen LogP contribution in [-0.4, -0.2) is 32.3 Å². The molecule has 2 saturated carbocycles. The summed E-state index contributed by atoms with van der Waals surface area (Å²) in [5.41, 5.74) is 0. The predicted octanol–water partition coefficient (Wildman–Crippen LogP) is 2.41. The fourth-order valence-corrected chi connectivity index (χ4v) is 4.30. The van der Waals surface area contributed by atoms with Gasteiger partial charge in [0.2, 0.25) is 10.0 Å². The van der Waals surface area contributed by atoms with Crippen LogP contribution in [0, 0.1) is 5.92 Å². The number of nitrogens with one attached hydrogen (secondary N) is 2. The Kier molecular flexibility index (Phi) is 5.87. The zero-order valence-corrected chi connectivity index (χ0v) is 13.7. The smallest absolute Gasteiger partial charge is 0.215 e. The third-order valence-corrected chi connectivity index (χ3v) is 6.56. The minimum absolute atomic E-state index is 0.163. The van der Waals surface area contributed by atoms with Crippen molar-refractivity contribution < 1.29 is 8.42 Å². The van der Waals surface area contributed by atoms with Crippen molar-refractivity contribution in [1.82, 2.24) is 10.0 Å². The van der Waals surface area contributed by atoms with Crippen LogP contribution in [0.4, 0.5) is 0 Å². The molecule has 2 fully saturated rings. The quantitative estimate of drug-likeness (QED) is 0.724. The Hall–Kier alpha value is -0.130. The van der Waals surface area contributed by atoms with Gasteiger partial charge in [0.25, 0.3) is 0 Å². The van der Waals surface area contributed by atoms with Gasteiger partial charge in [-0.3, -0.25) is 0 Å². The number of sulfonamides is 1. The summed E-state index contributed by atoms with van der Waals surface area (Å²) in [6.07, 6.45) is 9.29. The molecule has 4 nitrogen and oxygen atoms in total. The first kappa shape index (κ1) is 16.2. The van der Waals surface area contributed by atoms with E-state index in [4.69, 9.17) is 0 Å². The first-order chi connectivity index (χ1) is 9.51. The summed E-state index contributed by atoms with van der Waals surface area (Å²) in [5, 5.41) is 2.97. The normalized spacial score (nSPS) is 29.3. The summed E-state index contributed by atoms with van der Waals surface area (Å²) >= 11 is 0. The second kappa shape index (κ2) is 7.23. The van der Waals surface area contributed by atoms with Crippen LogP contribution >= 0.6 is 0 Å². The van der Waals surface area contributed by atoms with E-state index >= 15 is 0 Å². The molecule has 1 atom stereocenters. The molecule has 1 unspecified atom stereocenters. The first-order valence-corrected chi connectivity index (χ1v) is 9.80. The molecule has 0 aromatic rings. The lowest BCUT2D eigenvalue weighted by atomic mass is 9.84. The third-order valence-electron chi connectivity index (χ3n) is 4.68. The number of hydrogen-bond acceptors (Lipinski definition) is 3. The van der Waals surface area contributed by atoms with Gasteiger partial charge in [0, 0.05) is 18.6 Å². The topological polar surface area (TPSA) is 58.2 Å². The van der Waals surface area contributed by atoms with Crippen LogP contribution in [0.3, 0.4) is 0 Å². The van der Waals surface area contributed by atoms with E-state index in [1.807, 2.05) is 0 Å². The second-order valence-corrected chi connectivity index (χ2v) is 8.79. The van der Waals surface area contributed by atoms with Crippen LogP contribution in [0.15, 0.2) is 0 Å². The Morgan fingerprint density at radius 1 is 1.05 bits per heavy atom. The van der Waals surface area contributed by atoms with Crippen molar-refractivity contribution in [1.29, 1.82) is 0 Å². The summed E-state index contributed by atoms with van der Waals surface area (Å²) in [6.45, 7) is 4.61. The molecule has 118 valence electrons. The van der Waals surface area contributed by atoms with E-state index in [0.717, 1.165) is 18.8 Å². The monoisotopic (exact) mass is 302 g/mol. The van der Waals surface area contributed by atoms with Crippen LogP contribution in [0.1, 0.15) is 65.2 Å². The van der Waals surface area contributed by atoms with Crippen molar-refractivity contribution >= 4 is 10.0 Å². The van der Waals surface area contributed by atoms with E-state index in [1.54, 1.807) is 6.92 Å². The molecule has 2 rings (SSSR count). The van der Waals surface area contributed by atoms with Gasteiger partial charge in [-0.15, -0.1) is 0 Å². The molecule has 0 aliphatic heterocycles. The van der Waals surface area contributed by atoms with Gasteiger partial charge in [0.1, 0.15) is 0 Å². The van der Waals surface area contributed by atoms with E-state index < -0.39 is 10.0 Å². The van der Waals surface area contributed by atoms with E-state index in [1.165, 1.54) is 38.5 Å². The SMILES string of the molecule is CCCC1CCC(NS(=O)(=O)C(C)CNC2CC2)CC1. The van der Waals surface area contributed by atoms with Crippen molar-refractivity contribution in [2.45, 2.75) is 82.5 Å². The molecule has 0 bridgehead atoms. The van der Waals surface area contributed by atoms with Gasteiger partial charge in [-0.1, -0.05) is 19.8 Å². The minimum atomic E-state index is -3.17. The Bertz CT molecular complexity index is 385. The van der Waals surface area contributed by atoms with Crippen LogP contribution in [0.2, 0.25) is 0 Å². The van der Waals surface area contributed by atoms with Crippen LogP contribution in [-0.2, 0) is 10.0 Å². The Morgan fingerprint density at radius 2 is 1.65 bits per heavy atom. The van der Waals surface area contributed by atoms with Gasteiger partial charge in [-0.2, -0.15) is 0 Å². The Morgan fingerprint density at radius 3 is 2.20 bits per heavy atom. The van der Waals surface area contributed by atoms with Crippen LogP contribution in [0.25, 0.3) is 0 Å². The summed E-state index contributed by atoms with van der Waals surface area (Å²) in [5.74, 6) is 0.815. The highest BCUT2D eigenvalue weighted by Gasteiger charge is 2.29.